The summed E-state index contributed by atoms with van der Waals surface area (Å²) in [4.78, 5) is 12.6. The van der Waals surface area contributed by atoms with Crippen molar-refractivity contribution in [1.29, 1.82) is 0 Å². The van der Waals surface area contributed by atoms with Crippen molar-refractivity contribution in [2.45, 2.75) is 12.8 Å². The van der Waals surface area contributed by atoms with Gasteiger partial charge in [0.25, 0.3) is 5.91 Å². The maximum Gasteiger partial charge on any atom is 0.267 e. The molecule has 94 valence electrons. The summed E-state index contributed by atoms with van der Waals surface area (Å²) in [5.41, 5.74) is 2.52. The van der Waals surface area contributed by atoms with Crippen molar-refractivity contribution in [1.82, 2.24) is 0 Å². The van der Waals surface area contributed by atoms with E-state index >= 15 is 0 Å². The number of aryl methyl sites for hydroxylation is 1. The summed E-state index contributed by atoms with van der Waals surface area (Å²) < 4.78 is 0. The molecular weight excluding hydrogens is 289 g/mol. The highest BCUT2D eigenvalue weighted by atomic mass is 35.5. The maximum absolute atomic E-state index is 12.1. The molecule has 0 fully saturated rings. The topological polar surface area (TPSA) is 29.1 Å². The molecule has 5 heteroatoms. The molecule has 2 nitrogen and oxygen atoms in total. The molecule has 2 rings (SSSR count). The zero-order valence-electron chi connectivity index (χ0n) is 9.67. The normalized spacial score (nSPS) is 10.4. The number of thiophene rings is 1. The number of amides is 1. The van der Waals surface area contributed by atoms with E-state index in [1.54, 1.807) is 0 Å². The first-order valence-electron chi connectivity index (χ1n) is 5.32. The number of para-hydroxylation sites is 1. The van der Waals surface area contributed by atoms with Crippen LogP contribution in [0, 0.1) is 6.92 Å². The highest BCUT2D eigenvalue weighted by Gasteiger charge is 2.15. The van der Waals surface area contributed by atoms with Crippen molar-refractivity contribution < 1.29 is 4.79 Å². The first-order valence-corrected chi connectivity index (χ1v) is 7.11. The molecule has 1 heterocycles. The van der Waals surface area contributed by atoms with Crippen LogP contribution in [-0.2, 0) is 5.88 Å². The summed E-state index contributed by atoms with van der Waals surface area (Å²) in [6, 6.07) is 7.44. The zero-order chi connectivity index (χ0) is 13.1. The first-order chi connectivity index (χ1) is 8.63. The van der Waals surface area contributed by atoms with E-state index in [-0.39, 0.29) is 5.91 Å². The second-order valence-electron chi connectivity index (χ2n) is 3.81. The van der Waals surface area contributed by atoms with Gasteiger partial charge in [0, 0.05) is 11.6 Å². The number of hydrogen-bond donors (Lipinski definition) is 1. The van der Waals surface area contributed by atoms with Gasteiger partial charge in [-0.25, -0.2) is 0 Å². The van der Waals surface area contributed by atoms with Gasteiger partial charge in [0.2, 0.25) is 0 Å². The van der Waals surface area contributed by atoms with E-state index in [4.69, 9.17) is 23.2 Å². The quantitative estimate of drug-likeness (QED) is 0.818. The number of carbonyl (C=O) groups is 1. The Labute approximate surface area is 120 Å². The van der Waals surface area contributed by atoms with E-state index in [0.29, 0.717) is 15.8 Å². The molecule has 2 aromatic rings. The van der Waals surface area contributed by atoms with Crippen LogP contribution in [-0.4, -0.2) is 5.91 Å². The minimum atomic E-state index is -0.198. The van der Waals surface area contributed by atoms with Crippen molar-refractivity contribution >= 4 is 46.1 Å². The van der Waals surface area contributed by atoms with E-state index in [1.165, 1.54) is 11.3 Å². The second-order valence-corrected chi connectivity index (χ2v) is 5.33. The van der Waals surface area contributed by atoms with E-state index in [0.717, 1.165) is 16.8 Å². The number of alkyl halides is 1. The summed E-state index contributed by atoms with van der Waals surface area (Å²) >= 11 is 13.2. The lowest BCUT2D eigenvalue weighted by Crippen LogP contribution is -2.12. The number of halogens is 2. The van der Waals surface area contributed by atoms with E-state index < -0.39 is 0 Å². The predicted octanol–water partition coefficient (Wildman–Crippen LogP) is 4.70. The Kier molecular flexibility index (Phi) is 4.27. The lowest BCUT2D eigenvalue weighted by Gasteiger charge is -2.08. The van der Waals surface area contributed by atoms with Crippen LogP contribution in [0.15, 0.2) is 29.6 Å². The molecule has 0 unspecified atom stereocenters. The molecule has 0 spiro atoms. The van der Waals surface area contributed by atoms with Crippen LogP contribution in [0.2, 0.25) is 5.02 Å². The number of anilines is 1. The SMILES string of the molecule is Cc1csc(C(=O)Nc2ccccc2CCl)c1Cl. The van der Waals surface area contributed by atoms with Crippen molar-refractivity contribution in [2.24, 2.45) is 0 Å². The number of rotatable bonds is 3. The van der Waals surface area contributed by atoms with Gasteiger partial charge in [-0.05, 0) is 29.5 Å². The molecule has 0 aliphatic rings. The van der Waals surface area contributed by atoms with Crippen LogP contribution in [0.4, 0.5) is 5.69 Å². The third-order valence-electron chi connectivity index (χ3n) is 2.51. The Morgan fingerprint density at radius 2 is 2.11 bits per heavy atom. The molecule has 0 radical (unpaired) electrons. The van der Waals surface area contributed by atoms with Crippen LogP contribution in [0.25, 0.3) is 0 Å². The molecule has 0 saturated carbocycles. The highest BCUT2D eigenvalue weighted by molar-refractivity contribution is 7.13. The molecular formula is C13H11Cl2NOS. The third kappa shape index (κ3) is 2.69. The van der Waals surface area contributed by atoms with Gasteiger partial charge >= 0.3 is 0 Å². The molecule has 0 aliphatic heterocycles. The van der Waals surface area contributed by atoms with Crippen molar-refractivity contribution in [3.63, 3.8) is 0 Å². The summed E-state index contributed by atoms with van der Waals surface area (Å²) in [6.07, 6.45) is 0. The van der Waals surface area contributed by atoms with Crippen molar-refractivity contribution in [3.05, 3.63) is 50.7 Å². The Balaban J connectivity index is 2.24. The monoisotopic (exact) mass is 299 g/mol. The number of benzene rings is 1. The second kappa shape index (κ2) is 5.74. The maximum atomic E-state index is 12.1. The van der Waals surface area contributed by atoms with Crippen molar-refractivity contribution in [3.8, 4) is 0 Å². The minimum Gasteiger partial charge on any atom is -0.321 e. The van der Waals surface area contributed by atoms with Gasteiger partial charge < -0.3 is 5.32 Å². The number of carbonyl (C=O) groups excluding carboxylic acids is 1. The van der Waals surface area contributed by atoms with Crippen LogP contribution in [0.5, 0.6) is 0 Å². The Bertz CT molecular complexity index is 580. The summed E-state index contributed by atoms with van der Waals surface area (Å²) in [7, 11) is 0. The van der Waals surface area contributed by atoms with Crippen LogP contribution in [0.1, 0.15) is 20.8 Å². The fourth-order valence-electron chi connectivity index (χ4n) is 1.52. The molecule has 0 atom stereocenters. The van der Waals surface area contributed by atoms with Crippen LogP contribution in [0.3, 0.4) is 0 Å². The van der Waals surface area contributed by atoms with Gasteiger partial charge in [-0.1, -0.05) is 29.8 Å². The Morgan fingerprint density at radius 3 is 2.72 bits per heavy atom. The lowest BCUT2D eigenvalue weighted by molar-refractivity contribution is 0.103. The molecule has 1 aromatic heterocycles. The average Bonchev–Trinajstić information content (AvgIpc) is 2.71. The largest absolute Gasteiger partial charge is 0.321 e. The van der Waals surface area contributed by atoms with E-state index in [1.807, 2.05) is 36.6 Å². The number of hydrogen-bond acceptors (Lipinski definition) is 2. The van der Waals surface area contributed by atoms with Crippen LogP contribution >= 0.6 is 34.5 Å². The number of nitrogens with one attached hydrogen (secondary N) is 1. The predicted molar refractivity (Wildman–Crippen MR) is 78.0 cm³/mol. The molecule has 1 N–H and O–H groups in total. The Hall–Kier alpha value is -1.03. The van der Waals surface area contributed by atoms with Gasteiger partial charge in [-0.2, -0.15) is 0 Å². The molecule has 1 aromatic carbocycles. The Morgan fingerprint density at radius 1 is 1.39 bits per heavy atom. The molecule has 0 aliphatic carbocycles. The minimum absolute atomic E-state index is 0.198. The summed E-state index contributed by atoms with van der Waals surface area (Å²) in [5.74, 6) is 0.156. The smallest absolute Gasteiger partial charge is 0.267 e. The fraction of sp³-hybridized carbons (Fsp3) is 0.154. The lowest BCUT2D eigenvalue weighted by atomic mass is 10.2. The van der Waals surface area contributed by atoms with Gasteiger partial charge in [-0.3, -0.25) is 4.79 Å². The van der Waals surface area contributed by atoms with E-state index in [2.05, 4.69) is 5.32 Å². The van der Waals surface area contributed by atoms with Gasteiger partial charge in [-0.15, -0.1) is 22.9 Å². The zero-order valence-corrected chi connectivity index (χ0v) is 12.0. The van der Waals surface area contributed by atoms with E-state index in [9.17, 15) is 4.79 Å². The van der Waals surface area contributed by atoms with Crippen LogP contribution < -0.4 is 5.32 Å². The summed E-state index contributed by atoms with van der Waals surface area (Å²) in [6.45, 7) is 1.88. The molecule has 0 bridgehead atoms. The first kappa shape index (κ1) is 13.4. The van der Waals surface area contributed by atoms with Gasteiger partial charge in [0.1, 0.15) is 4.88 Å². The van der Waals surface area contributed by atoms with Gasteiger partial charge in [0.05, 0.1) is 5.02 Å². The molecule has 18 heavy (non-hydrogen) atoms. The fourth-order valence-corrected chi connectivity index (χ4v) is 2.93. The third-order valence-corrected chi connectivity index (χ3v) is 4.50. The highest BCUT2D eigenvalue weighted by Crippen LogP contribution is 2.28. The molecule has 0 saturated heterocycles. The van der Waals surface area contributed by atoms with Crippen molar-refractivity contribution in [2.75, 3.05) is 5.32 Å². The average molecular weight is 300 g/mol. The standard InChI is InChI=1S/C13H11Cl2NOS/c1-8-7-18-12(11(8)15)13(17)16-10-5-3-2-4-9(10)6-14/h2-5,7H,6H2,1H3,(H,16,17). The molecule has 1 amide bonds. The van der Waals surface area contributed by atoms with Gasteiger partial charge in [0.15, 0.2) is 0 Å². The summed E-state index contributed by atoms with van der Waals surface area (Å²) in [5, 5.41) is 5.21.